The third-order valence-corrected chi connectivity index (χ3v) is 2.39. The van der Waals surface area contributed by atoms with Gasteiger partial charge in [0.1, 0.15) is 11.8 Å². The van der Waals surface area contributed by atoms with Gasteiger partial charge in [-0.1, -0.05) is 19.9 Å². The Hall–Kier alpha value is -1.49. The standard InChI is InChI=1S/C12H15NO/c1-8(2)11-6-5-10(7-13)12(14-4)9(11)3/h5-6,8H,1-4H3. The van der Waals surface area contributed by atoms with E-state index in [1.165, 1.54) is 5.56 Å². The predicted molar refractivity (Wildman–Crippen MR) is 56.5 cm³/mol. The quantitative estimate of drug-likeness (QED) is 0.716. The molecule has 0 radical (unpaired) electrons. The Morgan fingerprint density at radius 1 is 1.36 bits per heavy atom. The Balaban J connectivity index is 3.37. The van der Waals surface area contributed by atoms with E-state index < -0.39 is 0 Å². The van der Waals surface area contributed by atoms with Crippen LogP contribution in [-0.2, 0) is 0 Å². The molecule has 0 saturated heterocycles. The van der Waals surface area contributed by atoms with Crippen molar-refractivity contribution in [3.63, 3.8) is 0 Å². The SMILES string of the molecule is COc1c(C#N)ccc(C(C)C)c1C. The van der Waals surface area contributed by atoms with Gasteiger partial charge in [-0.15, -0.1) is 0 Å². The van der Waals surface area contributed by atoms with Crippen molar-refractivity contribution >= 4 is 0 Å². The van der Waals surface area contributed by atoms with Gasteiger partial charge in [0.25, 0.3) is 0 Å². The van der Waals surface area contributed by atoms with E-state index in [4.69, 9.17) is 10.00 Å². The molecule has 0 aromatic heterocycles. The number of nitrogens with zero attached hydrogens (tertiary/aromatic N) is 1. The van der Waals surface area contributed by atoms with Crippen molar-refractivity contribution in [3.8, 4) is 11.8 Å². The molecule has 0 aliphatic carbocycles. The highest BCUT2D eigenvalue weighted by molar-refractivity contribution is 5.52. The number of methoxy groups -OCH3 is 1. The maximum Gasteiger partial charge on any atom is 0.139 e. The minimum atomic E-state index is 0.455. The van der Waals surface area contributed by atoms with Crippen LogP contribution in [0, 0.1) is 18.3 Å². The summed E-state index contributed by atoms with van der Waals surface area (Å²) < 4.78 is 5.24. The molecule has 0 saturated carbocycles. The third-order valence-electron chi connectivity index (χ3n) is 2.39. The molecule has 74 valence electrons. The summed E-state index contributed by atoms with van der Waals surface area (Å²) in [5, 5.41) is 8.87. The molecule has 0 atom stereocenters. The second-order valence-electron chi connectivity index (χ2n) is 3.63. The van der Waals surface area contributed by atoms with E-state index in [1.54, 1.807) is 7.11 Å². The van der Waals surface area contributed by atoms with Gasteiger partial charge in [-0.05, 0) is 30.0 Å². The van der Waals surface area contributed by atoms with Crippen molar-refractivity contribution in [3.05, 3.63) is 28.8 Å². The Labute approximate surface area is 85.1 Å². The van der Waals surface area contributed by atoms with Crippen LogP contribution in [0.15, 0.2) is 12.1 Å². The van der Waals surface area contributed by atoms with Crippen molar-refractivity contribution in [1.29, 1.82) is 5.26 Å². The largest absolute Gasteiger partial charge is 0.495 e. The van der Waals surface area contributed by atoms with Gasteiger partial charge in [-0.2, -0.15) is 5.26 Å². The molecule has 1 aromatic carbocycles. The maximum absolute atomic E-state index is 8.87. The smallest absolute Gasteiger partial charge is 0.139 e. The fraction of sp³-hybridized carbons (Fsp3) is 0.417. The number of rotatable bonds is 2. The van der Waals surface area contributed by atoms with Crippen molar-refractivity contribution in [2.45, 2.75) is 26.7 Å². The highest BCUT2D eigenvalue weighted by Gasteiger charge is 2.11. The van der Waals surface area contributed by atoms with Crippen LogP contribution in [0.2, 0.25) is 0 Å². The molecule has 0 fully saturated rings. The molecule has 0 aliphatic heterocycles. The molecule has 0 N–H and O–H groups in total. The predicted octanol–water partition coefficient (Wildman–Crippen LogP) is 3.00. The van der Waals surface area contributed by atoms with Gasteiger partial charge in [0.2, 0.25) is 0 Å². The fourth-order valence-corrected chi connectivity index (χ4v) is 1.68. The zero-order valence-corrected chi connectivity index (χ0v) is 9.09. The average Bonchev–Trinajstić information content (AvgIpc) is 2.16. The van der Waals surface area contributed by atoms with E-state index in [2.05, 4.69) is 19.9 Å². The van der Waals surface area contributed by atoms with Crippen LogP contribution in [0.3, 0.4) is 0 Å². The molecule has 0 unspecified atom stereocenters. The van der Waals surface area contributed by atoms with Gasteiger partial charge in [0, 0.05) is 0 Å². The van der Waals surface area contributed by atoms with Crippen molar-refractivity contribution in [2.75, 3.05) is 7.11 Å². The molecule has 1 aromatic rings. The number of nitriles is 1. The molecule has 0 spiro atoms. The van der Waals surface area contributed by atoms with Crippen molar-refractivity contribution < 1.29 is 4.74 Å². The lowest BCUT2D eigenvalue weighted by Crippen LogP contribution is -1.98. The summed E-state index contributed by atoms with van der Waals surface area (Å²) in [5.41, 5.74) is 2.91. The lowest BCUT2D eigenvalue weighted by molar-refractivity contribution is 0.409. The lowest BCUT2D eigenvalue weighted by Gasteiger charge is -2.14. The Bertz CT molecular complexity index is 375. The fourth-order valence-electron chi connectivity index (χ4n) is 1.68. The van der Waals surface area contributed by atoms with Crippen LogP contribution in [0.25, 0.3) is 0 Å². The molecule has 0 heterocycles. The molecule has 14 heavy (non-hydrogen) atoms. The van der Waals surface area contributed by atoms with E-state index in [-0.39, 0.29) is 0 Å². The third kappa shape index (κ3) is 1.72. The molecule has 1 rings (SSSR count). The first-order chi connectivity index (χ1) is 6.61. The summed E-state index contributed by atoms with van der Waals surface area (Å²) in [6, 6.07) is 5.95. The summed E-state index contributed by atoms with van der Waals surface area (Å²) in [4.78, 5) is 0. The summed E-state index contributed by atoms with van der Waals surface area (Å²) in [7, 11) is 1.60. The highest BCUT2D eigenvalue weighted by atomic mass is 16.5. The van der Waals surface area contributed by atoms with E-state index in [9.17, 15) is 0 Å². The van der Waals surface area contributed by atoms with Gasteiger partial charge in [-0.3, -0.25) is 0 Å². The number of ether oxygens (including phenoxy) is 1. The summed E-state index contributed by atoms with van der Waals surface area (Å²) in [5.74, 6) is 1.16. The molecule has 2 nitrogen and oxygen atoms in total. The van der Waals surface area contributed by atoms with Crippen LogP contribution in [0.4, 0.5) is 0 Å². The molecule has 0 amide bonds. The van der Waals surface area contributed by atoms with Gasteiger partial charge >= 0.3 is 0 Å². The first-order valence-corrected chi connectivity index (χ1v) is 4.69. The maximum atomic E-state index is 8.87. The minimum absolute atomic E-state index is 0.455. The van der Waals surface area contributed by atoms with Gasteiger partial charge < -0.3 is 4.74 Å². The van der Waals surface area contributed by atoms with Gasteiger partial charge in [0.05, 0.1) is 12.7 Å². The second kappa shape index (κ2) is 4.15. The molecular weight excluding hydrogens is 174 g/mol. The van der Waals surface area contributed by atoms with E-state index >= 15 is 0 Å². The van der Waals surface area contributed by atoms with Crippen LogP contribution in [0.5, 0.6) is 5.75 Å². The van der Waals surface area contributed by atoms with E-state index in [0.717, 1.165) is 5.56 Å². The normalized spacial score (nSPS) is 10.0. The Morgan fingerprint density at radius 3 is 2.43 bits per heavy atom. The first kappa shape index (κ1) is 10.6. The Kier molecular flexibility index (Phi) is 3.14. The minimum Gasteiger partial charge on any atom is -0.495 e. The van der Waals surface area contributed by atoms with Crippen molar-refractivity contribution in [1.82, 2.24) is 0 Å². The Morgan fingerprint density at radius 2 is 2.00 bits per heavy atom. The van der Waals surface area contributed by atoms with E-state index in [1.807, 2.05) is 19.1 Å². The van der Waals surface area contributed by atoms with Crippen LogP contribution in [0.1, 0.15) is 36.5 Å². The zero-order chi connectivity index (χ0) is 10.7. The first-order valence-electron chi connectivity index (χ1n) is 4.69. The summed E-state index contributed by atoms with van der Waals surface area (Å²) in [6.45, 7) is 6.26. The topological polar surface area (TPSA) is 33.0 Å². The molecule has 0 bridgehead atoms. The molecule has 0 aliphatic rings. The van der Waals surface area contributed by atoms with Crippen molar-refractivity contribution in [2.24, 2.45) is 0 Å². The van der Waals surface area contributed by atoms with Gasteiger partial charge in [0.15, 0.2) is 0 Å². The summed E-state index contributed by atoms with van der Waals surface area (Å²) >= 11 is 0. The molecular formula is C12H15NO. The van der Waals surface area contributed by atoms with Crippen LogP contribution >= 0.6 is 0 Å². The van der Waals surface area contributed by atoms with Gasteiger partial charge in [-0.25, -0.2) is 0 Å². The lowest BCUT2D eigenvalue weighted by atomic mass is 9.95. The van der Waals surface area contributed by atoms with E-state index in [0.29, 0.717) is 17.2 Å². The average molecular weight is 189 g/mol. The number of hydrogen-bond acceptors (Lipinski definition) is 2. The summed E-state index contributed by atoms with van der Waals surface area (Å²) in [6.07, 6.45) is 0. The van der Waals surface area contributed by atoms with Crippen LogP contribution in [-0.4, -0.2) is 7.11 Å². The number of hydrogen-bond donors (Lipinski definition) is 0. The highest BCUT2D eigenvalue weighted by Crippen LogP contribution is 2.29. The molecule has 2 heteroatoms. The second-order valence-corrected chi connectivity index (χ2v) is 3.63. The monoisotopic (exact) mass is 189 g/mol. The van der Waals surface area contributed by atoms with Crippen LogP contribution < -0.4 is 4.74 Å². The number of benzene rings is 1. The zero-order valence-electron chi connectivity index (χ0n) is 9.09.